The number of nitrogens with zero attached hydrogens (tertiary/aromatic N) is 1. The molecule has 106 valence electrons. The quantitative estimate of drug-likeness (QED) is 0.834. The van der Waals surface area contributed by atoms with Crippen molar-refractivity contribution in [3.8, 4) is 0 Å². The summed E-state index contributed by atoms with van der Waals surface area (Å²) in [5, 5.41) is 3.50. The number of rotatable bonds is 6. The van der Waals surface area contributed by atoms with Crippen LogP contribution in [0.2, 0.25) is 0 Å². The molecule has 0 heterocycles. The van der Waals surface area contributed by atoms with Crippen LogP contribution in [0.4, 0.5) is 5.69 Å². The van der Waals surface area contributed by atoms with Gasteiger partial charge in [-0.15, -0.1) is 0 Å². The third-order valence-corrected chi connectivity index (χ3v) is 4.17. The van der Waals surface area contributed by atoms with Crippen molar-refractivity contribution in [3.05, 3.63) is 29.8 Å². The highest BCUT2D eigenvalue weighted by Crippen LogP contribution is 2.23. The summed E-state index contributed by atoms with van der Waals surface area (Å²) in [6, 6.07) is 8.65. The molecule has 1 fully saturated rings. The van der Waals surface area contributed by atoms with Crippen LogP contribution in [0, 0.1) is 12.8 Å². The van der Waals surface area contributed by atoms with E-state index in [0.29, 0.717) is 0 Å². The molecule has 1 aliphatic rings. The lowest BCUT2D eigenvalue weighted by atomic mass is 9.89. The predicted octanol–water partition coefficient (Wildman–Crippen LogP) is 3.92. The van der Waals surface area contributed by atoms with Crippen molar-refractivity contribution >= 4 is 5.69 Å². The minimum Gasteiger partial charge on any atom is -0.384 e. The Balaban J connectivity index is 1.63. The number of aryl methyl sites for hydroxylation is 1. The SMILES string of the molecule is Cc1ccc(NCCN(C)CC2CCCCC2)cc1. The maximum Gasteiger partial charge on any atom is 0.0340 e. The lowest BCUT2D eigenvalue weighted by Crippen LogP contribution is -2.31. The largest absolute Gasteiger partial charge is 0.384 e. The molecule has 2 nitrogen and oxygen atoms in total. The highest BCUT2D eigenvalue weighted by atomic mass is 15.1. The highest BCUT2D eigenvalue weighted by Gasteiger charge is 2.14. The molecule has 0 unspecified atom stereocenters. The summed E-state index contributed by atoms with van der Waals surface area (Å²) in [5.74, 6) is 0.943. The van der Waals surface area contributed by atoms with Gasteiger partial charge < -0.3 is 10.2 Å². The van der Waals surface area contributed by atoms with Crippen LogP contribution in [0.5, 0.6) is 0 Å². The molecule has 0 saturated heterocycles. The topological polar surface area (TPSA) is 15.3 Å². The second-order valence-electron chi connectivity index (χ2n) is 6.06. The summed E-state index contributed by atoms with van der Waals surface area (Å²) in [4.78, 5) is 2.48. The summed E-state index contributed by atoms with van der Waals surface area (Å²) in [6.45, 7) is 5.56. The van der Waals surface area contributed by atoms with E-state index in [-0.39, 0.29) is 0 Å². The minimum atomic E-state index is 0.943. The van der Waals surface area contributed by atoms with Gasteiger partial charge in [0.05, 0.1) is 0 Å². The fourth-order valence-electron chi connectivity index (χ4n) is 2.96. The van der Waals surface area contributed by atoms with Crippen LogP contribution in [-0.2, 0) is 0 Å². The van der Waals surface area contributed by atoms with Gasteiger partial charge in [0.2, 0.25) is 0 Å². The summed E-state index contributed by atoms with van der Waals surface area (Å²) in [7, 11) is 2.26. The average molecular weight is 260 g/mol. The van der Waals surface area contributed by atoms with Gasteiger partial charge in [-0.2, -0.15) is 0 Å². The van der Waals surface area contributed by atoms with Crippen LogP contribution >= 0.6 is 0 Å². The van der Waals surface area contributed by atoms with Crippen molar-refractivity contribution in [1.82, 2.24) is 4.90 Å². The Kier molecular flexibility index (Phi) is 5.71. The van der Waals surface area contributed by atoms with Crippen molar-refractivity contribution in [2.75, 3.05) is 32.0 Å². The standard InChI is InChI=1S/C17H28N2/c1-15-8-10-17(11-9-15)18-12-13-19(2)14-16-6-4-3-5-7-16/h8-11,16,18H,3-7,12-14H2,1-2H3. The van der Waals surface area contributed by atoms with Crippen LogP contribution in [0.25, 0.3) is 0 Å². The number of benzene rings is 1. The van der Waals surface area contributed by atoms with Gasteiger partial charge in [0.25, 0.3) is 0 Å². The Morgan fingerprint density at radius 2 is 1.79 bits per heavy atom. The van der Waals surface area contributed by atoms with Gasteiger partial charge in [0.15, 0.2) is 0 Å². The van der Waals surface area contributed by atoms with Gasteiger partial charge in [-0.3, -0.25) is 0 Å². The molecule has 1 N–H and O–H groups in total. The van der Waals surface area contributed by atoms with Crippen molar-refractivity contribution in [1.29, 1.82) is 0 Å². The molecule has 19 heavy (non-hydrogen) atoms. The first-order chi connectivity index (χ1) is 9.24. The lowest BCUT2D eigenvalue weighted by molar-refractivity contribution is 0.239. The van der Waals surface area contributed by atoms with Gasteiger partial charge in [0, 0.05) is 25.3 Å². The van der Waals surface area contributed by atoms with Crippen LogP contribution < -0.4 is 5.32 Å². The van der Waals surface area contributed by atoms with E-state index in [1.165, 1.54) is 49.9 Å². The molecule has 1 aromatic rings. The molecule has 0 bridgehead atoms. The first-order valence-electron chi connectivity index (χ1n) is 7.73. The van der Waals surface area contributed by atoms with Crippen molar-refractivity contribution in [2.24, 2.45) is 5.92 Å². The van der Waals surface area contributed by atoms with Gasteiger partial charge in [0.1, 0.15) is 0 Å². The molecule has 0 aliphatic heterocycles. The third-order valence-electron chi connectivity index (χ3n) is 4.17. The summed E-state index contributed by atoms with van der Waals surface area (Å²) in [5.41, 5.74) is 2.55. The van der Waals surface area contributed by atoms with Gasteiger partial charge in [-0.25, -0.2) is 0 Å². The first-order valence-corrected chi connectivity index (χ1v) is 7.73. The molecule has 0 radical (unpaired) electrons. The summed E-state index contributed by atoms with van der Waals surface area (Å²) < 4.78 is 0. The molecule has 0 aromatic heterocycles. The van der Waals surface area contributed by atoms with Crippen LogP contribution in [-0.4, -0.2) is 31.6 Å². The first kappa shape index (κ1) is 14.4. The van der Waals surface area contributed by atoms with E-state index in [1.807, 2.05) is 0 Å². The van der Waals surface area contributed by atoms with E-state index in [4.69, 9.17) is 0 Å². The highest BCUT2D eigenvalue weighted by molar-refractivity contribution is 5.44. The molecule has 1 aliphatic carbocycles. The molecule has 2 heteroatoms. The van der Waals surface area contributed by atoms with Crippen molar-refractivity contribution < 1.29 is 0 Å². The van der Waals surface area contributed by atoms with Crippen LogP contribution in [0.15, 0.2) is 24.3 Å². The summed E-state index contributed by atoms with van der Waals surface area (Å²) >= 11 is 0. The van der Waals surface area contributed by atoms with Crippen LogP contribution in [0.1, 0.15) is 37.7 Å². The Bertz CT molecular complexity index is 352. The molecule has 0 spiro atoms. The zero-order valence-electron chi connectivity index (χ0n) is 12.5. The molecule has 0 atom stereocenters. The fourth-order valence-corrected chi connectivity index (χ4v) is 2.96. The lowest BCUT2D eigenvalue weighted by Gasteiger charge is -2.27. The Morgan fingerprint density at radius 3 is 2.47 bits per heavy atom. The number of hydrogen-bond acceptors (Lipinski definition) is 2. The average Bonchev–Trinajstić information content (AvgIpc) is 2.42. The number of nitrogens with one attached hydrogen (secondary N) is 1. The van der Waals surface area contributed by atoms with E-state index in [2.05, 4.69) is 48.5 Å². The van der Waals surface area contributed by atoms with E-state index in [0.717, 1.165) is 19.0 Å². The van der Waals surface area contributed by atoms with E-state index in [9.17, 15) is 0 Å². The monoisotopic (exact) mass is 260 g/mol. The summed E-state index contributed by atoms with van der Waals surface area (Å²) in [6.07, 6.45) is 7.22. The Labute approximate surface area is 118 Å². The zero-order valence-corrected chi connectivity index (χ0v) is 12.5. The molecule has 2 rings (SSSR count). The minimum absolute atomic E-state index is 0.943. The van der Waals surface area contributed by atoms with Crippen LogP contribution in [0.3, 0.4) is 0 Å². The predicted molar refractivity (Wildman–Crippen MR) is 83.7 cm³/mol. The van der Waals surface area contributed by atoms with Gasteiger partial charge >= 0.3 is 0 Å². The Morgan fingerprint density at radius 1 is 1.11 bits per heavy atom. The molecular weight excluding hydrogens is 232 g/mol. The second kappa shape index (κ2) is 7.54. The van der Waals surface area contributed by atoms with E-state index < -0.39 is 0 Å². The molecule has 1 aromatic carbocycles. The number of hydrogen-bond donors (Lipinski definition) is 1. The van der Waals surface area contributed by atoms with Gasteiger partial charge in [-0.1, -0.05) is 37.0 Å². The smallest absolute Gasteiger partial charge is 0.0340 e. The number of likely N-dealkylation sites (N-methyl/N-ethyl adjacent to an activating group) is 1. The Hall–Kier alpha value is -1.02. The molecule has 0 amide bonds. The van der Waals surface area contributed by atoms with Gasteiger partial charge in [-0.05, 0) is 44.9 Å². The number of anilines is 1. The zero-order chi connectivity index (χ0) is 13.5. The molecule has 1 saturated carbocycles. The fraction of sp³-hybridized carbons (Fsp3) is 0.647. The van der Waals surface area contributed by atoms with Crippen molar-refractivity contribution in [2.45, 2.75) is 39.0 Å². The van der Waals surface area contributed by atoms with E-state index >= 15 is 0 Å². The molecular formula is C17H28N2. The second-order valence-corrected chi connectivity index (χ2v) is 6.06. The third kappa shape index (κ3) is 5.23. The maximum absolute atomic E-state index is 3.50. The maximum atomic E-state index is 3.50. The van der Waals surface area contributed by atoms with Crippen molar-refractivity contribution in [3.63, 3.8) is 0 Å². The normalized spacial score (nSPS) is 16.8. The van der Waals surface area contributed by atoms with E-state index in [1.54, 1.807) is 0 Å².